The van der Waals surface area contributed by atoms with Crippen LogP contribution in [0.15, 0.2) is 40.2 Å². The number of nitrogens with zero attached hydrogens (tertiary/aromatic N) is 2. The molecule has 0 aliphatic heterocycles. The molecule has 0 spiro atoms. The topological polar surface area (TPSA) is 77.2 Å². The summed E-state index contributed by atoms with van der Waals surface area (Å²) in [5.41, 5.74) is 0.783. The predicted molar refractivity (Wildman–Crippen MR) is 110 cm³/mol. The van der Waals surface area contributed by atoms with E-state index < -0.39 is 0 Å². The molecule has 148 valence electrons. The van der Waals surface area contributed by atoms with E-state index >= 15 is 0 Å². The maximum atomic E-state index is 12.1. The van der Waals surface area contributed by atoms with Gasteiger partial charge in [-0.05, 0) is 42.5 Å². The number of aryl methyl sites for hydroxylation is 1. The van der Waals surface area contributed by atoms with E-state index in [0.717, 1.165) is 36.1 Å². The largest absolute Gasteiger partial charge is 0.496 e. The third kappa shape index (κ3) is 5.81. The fourth-order valence-electron chi connectivity index (χ4n) is 2.79. The molecule has 0 unspecified atom stereocenters. The molecule has 1 N–H and O–H groups in total. The van der Waals surface area contributed by atoms with E-state index in [0.29, 0.717) is 29.0 Å². The number of hydrogen-bond acceptors (Lipinski definition) is 6. The smallest absolute Gasteiger partial charge is 0.226 e. The van der Waals surface area contributed by atoms with Gasteiger partial charge >= 0.3 is 0 Å². The Morgan fingerprint density at radius 2 is 2.18 bits per heavy atom. The molecule has 2 aromatic heterocycles. The van der Waals surface area contributed by atoms with Gasteiger partial charge < -0.3 is 14.6 Å². The molecule has 2 heterocycles. The highest BCUT2D eigenvalue weighted by Gasteiger charge is 2.10. The lowest BCUT2D eigenvalue weighted by atomic mass is 10.1. The third-order valence-electron chi connectivity index (χ3n) is 4.19. The molecule has 1 amide bonds. The first-order valence-electron chi connectivity index (χ1n) is 9.11. The zero-order valence-electron chi connectivity index (χ0n) is 15.6. The van der Waals surface area contributed by atoms with Gasteiger partial charge in [-0.2, -0.15) is 4.98 Å². The number of amides is 1. The van der Waals surface area contributed by atoms with Gasteiger partial charge in [0.25, 0.3) is 0 Å². The first-order chi connectivity index (χ1) is 13.7. The van der Waals surface area contributed by atoms with Crippen molar-refractivity contribution in [2.24, 2.45) is 0 Å². The highest BCUT2D eigenvalue weighted by atomic mass is 35.5. The van der Waals surface area contributed by atoms with Crippen LogP contribution in [0.25, 0.3) is 10.7 Å². The Balaban J connectivity index is 1.33. The Hall–Kier alpha value is -2.38. The summed E-state index contributed by atoms with van der Waals surface area (Å²) in [6, 6.07) is 9.21. The molecular formula is C20H22ClN3O3S. The molecular weight excluding hydrogens is 398 g/mol. The molecule has 3 aromatic rings. The van der Waals surface area contributed by atoms with Crippen LogP contribution in [0.5, 0.6) is 5.75 Å². The van der Waals surface area contributed by atoms with E-state index in [4.69, 9.17) is 20.9 Å². The van der Waals surface area contributed by atoms with Crippen LogP contribution in [0.2, 0.25) is 5.02 Å². The fraction of sp³-hybridized carbons (Fsp3) is 0.350. The molecule has 0 bridgehead atoms. The molecule has 0 aliphatic carbocycles. The van der Waals surface area contributed by atoms with Crippen molar-refractivity contribution in [2.45, 2.75) is 32.1 Å². The summed E-state index contributed by atoms with van der Waals surface area (Å²) >= 11 is 7.59. The lowest BCUT2D eigenvalue weighted by molar-refractivity contribution is -0.120. The van der Waals surface area contributed by atoms with E-state index in [2.05, 4.69) is 15.5 Å². The summed E-state index contributed by atoms with van der Waals surface area (Å²) in [7, 11) is 1.58. The number of thiophene rings is 1. The molecule has 28 heavy (non-hydrogen) atoms. The van der Waals surface area contributed by atoms with Gasteiger partial charge in [0, 0.05) is 23.6 Å². The van der Waals surface area contributed by atoms with Gasteiger partial charge in [0.05, 0.1) is 18.4 Å². The van der Waals surface area contributed by atoms with Crippen LogP contribution >= 0.6 is 22.9 Å². The lowest BCUT2D eigenvalue weighted by Crippen LogP contribution is -2.26. The van der Waals surface area contributed by atoms with Gasteiger partial charge in [-0.15, -0.1) is 11.3 Å². The van der Waals surface area contributed by atoms with Crippen LogP contribution in [0, 0.1) is 0 Å². The fourth-order valence-corrected chi connectivity index (χ4v) is 3.63. The summed E-state index contributed by atoms with van der Waals surface area (Å²) in [6.07, 6.45) is 3.79. The molecule has 3 rings (SSSR count). The highest BCUT2D eigenvalue weighted by Crippen LogP contribution is 2.23. The molecule has 8 heteroatoms. The first-order valence-corrected chi connectivity index (χ1v) is 10.4. The molecule has 6 nitrogen and oxygen atoms in total. The van der Waals surface area contributed by atoms with Crippen LogP contribution in [-0.2, 0) is 17.6 Å². The SMILES string of the molecule is COc1ccc(Cl)cc1CC(=O)NCCCCCc1nc(-c2cccs2)no1. The number of hydrogen-bond donors (Lipinski definition) is 1. The van der Waals surface area contributed by atoms with Gasteiger partial charge in [0.2, 0.25) is 17.6 Å². The standard InChI is InChI=1S/C20H22ClN3O3S/c1-26-16-9-8-15(21)12-14(16)13-18(25)22-10-4-2-3-7-19-23-20(24-27-19)17-6-5-11-28-17/h5-6,8-9,11-12H,2-4,7,10,13H2,1H3,(H,22,25). The number of carbonyl (C=O) groups excluding carboxylic acids is 1. The minimum atomic E-state index is -0.0435. The normalized spacial score (nSPS) is 10.8. The van der Waals surface area contributed by atoms with Gasteiger partial charge in [-0.1, -0.05) is 29.2 Å². The minimum Gasteiger partial charge on any atom is -0.496 e. The Bertz CT molecular complexity index is 896. The van der Waals surface area contributed by atoms with Gasteiger partial charge in [0.15, 0.2) is 0 Å². The van der Waals surface area contributed by atoms with Crippen LogP contribution in [0.4, 0.5) is 0 Å². The minimum absolute atomic E-state index is 0.0435. The molecule has 0 atom stereocenters. The van der Waals surface area contributed by atoms with Crippen molar-refractivity contribution < 1.29 is 14.1 Å². The highest BCUT2D eigenvalue weighted by molar-refractivity contribution is 7.13. The quantitative estimate of drug-likeness (QED) is 0.488. The Morgan fingerprint density at radius 1 is 1.29 bits per heavy atom. The maximum absolute atomic E-state index is 12.1. The summed E-state index contributed by atoms with van der Waals surface area (Å²) in [5, 5.41) is 9.52. The van der Waals surface area contributed by atoms with Crippen molar-refractivity contribution >= 4 is 28.8 Å². The van der Waals surface area contributed by atoms with Crippen LogP contribution in [-0.4, -0.2) is 29.7 Å². The molecule has 1 aromatic carbocycles. The number of methoxy groups -OCH3 is 1. The maximum Gasteiger partial charge on any atom is 0.226 e. The van der Waals surface area contributed by atoms with E-state index in [9.17, 15) is 4.79 Å². The molecule has 0 aliphatic rings. The average Bonchev–Trinajstić information content (AvgIpc) is 3.36. The zero-order valence-corrected chi connectivity index (χ0v) is 17.2. The molecule has 0 radical (unpaired) electrons. The summed E-state index contributed by atoms with van der Waals surface area (Å²) in [5.74, 6) is 1.92. The van der Waals surface area contributed by atoms with E-state index in [1.54, 1.807) is 36.6 Å². The van der Waals surface area contributed by atoms with Crippen molar-refractivity contribution in [3.8, 4) is 16.5 Å². The van der Waals surface area contributed by atoms with Gasteiger partial charge in [-0.25, -0.2) is 0 Å². The summed E-state index contributed by atoms with van der Waals surface area (Å²) < 4.78 is 10.6. The lowest BCUT2D eigenvalue weighted by Gasteiger charge is -2.09. The second-order valence-corrected chi connectivity index (χ2v) is 7.67. The number of carbonyl (C=O) groups is 1. The zero-order chi connectivity index (χ0) is 19.8. The second-order valence-electron chi connectivity index (χ2n) is 6.28. The van der Waals surface area contributed by atoms with Gasteiger partial charge in [0.1, 0.15) is 5.75 Å². The van der Waals surface area contributed by atoms with Crippen LogP contribution in [0.1, 0.15) is 30.7 Å². The first kappa shape index (κ1) is 20.4. The third-order valence-corrected chi connectivity index (χ3v) is 5.29. The van der Waals surface area contributed by atoms with Gasteiger partial charge in [-0.3, -0.25) is 4.79 Å². The Labute approximate surface area is 172 Å². The second kappa shape index (κ2) is 10.2. The summed E-state index contributed by atoms with van der Waals surface area (Å²) in [4.78, 5) is 17.5. The van der Waals surface area contributed by atoms with E-state index in [1.807, 2.05) is 17.5 Å². The number of aromatic nitrogens is 2. The van der Waals surface area contributed by atoms with Crippen molar-refractivity contribution in [3.63, 3.8) is 0 Å². The number of ether oxygens (including phenoxy) is 1. The van der Waals surface area contributed by atoms with E-state index in [1.165, 1.54) is 0 Å². The Kier molecular flexibility index (Phi) is 7.45. The van der Waals surface area contributed by atoms with Crippen molar-refractivity contribution in [2.75, 3.05) is 13.7 Å². The van der Waals surface area contributed by atoms with Crippen molar-refractivity contribution in [1.82, 2.24) is 15.5 Å². The van der Waals surface area contributed by atoms with Crippen molar-refractivity contribution in [1.29, 1.82) is 0 Å². The summed E-state index contributed by atoms with van der Waals surface area (Å²) in [6.45, 7) is 0.631. The molecule has 0 saturated carbocycles. The number of halogens is 1. The van der Waals surface area contributed by atoms with E-state index in [-0.39, 0.29) is 12.3 Å². The number of rotatable bonds is 10. The monoisotopic (exact) mass is 419 g/mol. The number of unbranched alkanes of at least 4 members (excludes halogenated alkanes) is 2. The average molecular weight is 420 g/mol. The molecule has 0 saturated heterocycles. The van der Waals surface area contributed by atoms with Crippen LogP contribution in [0.3, 0.4) is 0 Å². The number of nitrogens with one attached hydrogen (secondary N) is 1. The van der Waals surface area contributed by atoms with Crippen molar-refractivity contribution in [3.05, 3.63) is 52.2 Å². The van der Waals surface area contributed by atoms with Crippen LogP contribution < -0.4 is 10.1 Å². The predicted octanol–water partition coefficient (Wildman–Crippen LogP) is 4.53. The number of benzene rings is 1. The molecule has 0 fully saturated rings. The Morgan fingerprint density at radius 3 is 2.96 bits per heavy atom.